The van der Waals surface area contributed by atoms with Crippen LogP contribution in [0.3, 0.4) is 0 Å². The van der Waals surface area contributed by atoms with E-state index in [1.165, 1.54) is 63.8 Å². The standard InChI is InChI=1S/C18H26N2/c1-2-6-15(7-3-1)16-12-17(16)19-13-18(8-9-18)14-20-10-4-5-11-20/h1-3,6-7,16-17,19H,4-5,8-14H2/t16-,17+/m1/s1. The maximum absolute atomic E-state index is 3.86. The number of hydrogen-bond acceptors (Lipinski definition) is 2. The van der Waals surface area contributed by atoms with Crippen LogP contribution in [0.25, 0.3) is 0 Å². The highest BCUT2D eigenvalue weighted by molar-refractivity contribution is 5.27. The van der Waals surface area contributed by atoms with E-state index in [0.29, 0.717) is 5.41 Å². The summed E-state index contributed by atoms with van der Waals surface area (Å²) >= 11 is 0. The molecular weight excluding hydrogens is 244 g/mol. The van der Waals surface area contributed by atoms with Crippen LogP contribution in [0.5, 0.6) is 0 Å². The highest BCUT2D eigenvalue weighted by Crippen LogP contribution is 2.48. The van der Waals surface area contributed by atoms with Gasteiger partial charge in [0.15, 0.2) is 0 Å². The Labute approximate surface area is 122 Å². The molecule has 0 unspecified atom stereocenters. The first kappa shape index (κ1) is 12.8. The molecule has 1 heterocycles. The van der Waals surface area contributed by atoms with Gasteiger partial charge in [-0.05, 0) is 56.2 Å². The third kappa shape index (κ3) is 2.77. The van der Waals surface area contributed by atoms with Gasteiger partial charge < -0.3 is 10.2 Å². The van der Waals surface area contributed by atoms with Crippen LogP contribution in [-0.2, 0) is 0 Å². The van der Waals surface area contributed by atoms with Crippen LogP contribution in [0.2, 0.25) is 0 Å². The maximum atomic E-state index is 3.86. The predicted molar refractivity (Wildman–Crippen MR) is 82.9 cm³/mol. The Morgan fingerprint density at radius 1 is 1.10 bits per heavy atom. The summed E-state index contributed by atoms with van der Waals surface area (Å²) in [5, 5.41) is 3.86. The first-order valence-corrected chi connectivity index (χ1v) is 8.35. The van der Waals surface area contributed by atoms with E-state index in [-0.39, 0.29) is 0 Å². The summed E-state index contributed by atoms with van der Waals surface area (Å²) in [5.41, 5.74) is 2.16. The third-order valence-corrected chi connectivity index (χ3v) is 5.47. The van der Waals surface area contributed by atoms with Gasteiger partial charge in [-0.25, -0.2) is 0 Å². The monoisotopic (exact) mass is 270 g/mol. The van der Waals surface area contributed by atoms with Crippen molar-refractivity contribution in [3.63, 3.8) is 0 Å². The largest absolute Gasteiger partial charge is 0.313 e. The van der Waals surface area contributed by atoms with Crippen molar-refractivity contribution in [1.82, 2.24) is 10.2 Å². The second kappa shape index (κ2) is 5.16. The van der Waals surface area contributed by atoms with Gasteiger partial charge in [0.05, 0.1) is 0 Å². The van der Waals surface area contributed by atoms with E-state index in [1.807, 2.05) is 0 Å². The van der Waals surface area contributed by atoms with Crippen LogP contribution in [0.1, 0.15) is 43.6 Å². The van der Waals surface area contributed by atoms with Gasteiger partial charge in [0, 0.05) is 25.0 Å². The Balaban J connectivity index is 1.25. The van der Waals surface area contributed by atoms with Crippen LogP contribution in [-0.4, -0.2) is 37.1 Å². The quantitative estimate of drug-likeness (QED) is 0.855. The van der Waals surface area contributed by atoms with Gasteiger partial charge in [-0.15, -0.1) is 0 Å². The van der Waals surface area contributed by atoms with Crippen LogP contribution in [0.15, 0.2) is 30.3 Å². The predicted octanol–water partition coefficient (Wildman–Crippen LogP) is 3.01. The van der Waals surface area contributed by atoms with Crippen molar-refractivity contribution in [3.8, 4) is 0 Å². The average Bonchev–Trinajstić information content (AvgIpc) is 3.37. The summed E-state index contributed by atoms with van der Waals surface area (Å²) < 4.78 is 0. The summed E-state index contributed by atoms with van der Waals surface area (Å²) in [4.78, 5) is 2.69. The molecule has 0 radical (unpaired) electrons. The molecule has 0 bridgehead atoms. The Morgan fingerprint density at radius 3 is 2.55 bits per heavy atom. The smallest absolute Gasteiger partial charge is 0.0143 e. The number of hydrogen-bond donors (Lipinski definition) is 1. The second-order valence-corrected chi connectivity index (χ2v) is 7.22. The van der Waals surface area contributed by atoms with E-state index in [0.717, 1.165) is 12.0 Å². The third-order valence-electron chi connectivity index (χ3n) is 5.47. The molecule has 2 nitrogen and oxygen atoms in total. The maximum Gasteiger partial charge on any atom is 0.0143 e. The molecule has 1 aromatic carbocycles. The molecule has 108 valence electrons. The van der Waals surface area contributed by atoms with E-state index in [1.54, 1.807) is 0 Å². The molecule has 2 heteroatoms. The lowest BCUT2D eigenvalue weighted by molar-refractivity contribution is 0.257. The van der Waals surface area contributed by atoms with Crippen molar-refractivity contribution in [3.05, 3.63) is 35.9 Å². The van der Waals surface area contributed by atoms with E-state index >= 15 is 0 Å². The fourth-order valence-electron chi connectivity index (χ4n) is 3.82. The first-order chi connectivity index (χ1) is 9.85. The molecule has 1 saturated heterocycles. The molecule has 2 atom stereocenters. The zero-order valence-corrected chi connectivity index (χ0v) is 12.4. The average molecular weight is 270 g/mol. The first-order valence-electron chi connectivity index (χ1n) is 8.35. The zero-order valence-electron chi connectivity index (χ0n) is 12.4. The van der Waals surface area contributed by atoms with Crippen molar-refractivity contribution in [2.24, 2.45) is 5.41 Å². The lowest BCUT2D eigenvalue weighted by atomic mass is 10.1. The van der Waals surface area contributed by atoms with Crippen LogP contribution >= 0.6 is 0 Å². The van der Waals surface area contributed by atoms with Gasteiger partial charge in [0.1, 0.15) is 0 Å². The highest BCUT2D eigenvalue weighted by atomic mass is 15.2. The minimum absolute atomic E-state index is 0.633. The van der Waals surface area contributed by atoms with Crippen molar-refractivity contribution >= 4 is 0 Å². The number of nitrogens with one attached hydrogen (secondary N) is 1. The SMILES string of the molecule is c1ccc([C@H]2C[C@@H]2NCC2(CN3CCCC3)CC2)cc1. The Hall–Kier alpha value is -0.860. The van der Waals surface area contributed by atoms with Crippen LogP contribution in [0, 0.1) is 5.41 Å². The minimum Gasteiger partial charge on any atom is -0.313 e. The number of rotatable bonds is 6. The summed E-state index contributed by atoms with van der Waals surface area (Å²) in [6.07, 6.45) is 7.06. The molecule has 3 fully saturated rings. The topological polar surface area (TPSA) is 15.3 Å². The molecule has 20 heavy (non-hydrogen) atoms. The lowest BCUT2D eigenvalue weighted by Crippen LogP contribution is -2.35. The molecule has 2 aliphatic carbocycles. The molecule has 0 amide bonds. The molecule has 4 rings (SSSR count). The highest BCUT2D eigenvalue weighted by Gasteiger charge is 2.46. The van der Waals surface area contributed by atoms with Crippen molar-refractivity contribution < 1.29 is 0 Å². The van der Waals surface area contributed by atoms with Gasteiger partial charge >= 0.3 is 0 Å². The van der Waals surface area contributed by atoms with Crippen LogP contribution in [0.4, 0.5) is 0 Å². The van der Waals surface area contributed by atoms with E-state index in [4.69, 9.17) is 0 Å². The number of nitrogens with zero attached hydrogens (tertiary/aromatic N) is 1. The van der Waals surface area contributed by atoms with Gasteiger partial charge in [-0.3, -0.25) is 0 Å². The summed E-state index contributed by atoms with van der Waals surface area (Å²) in [6, 6.07) is 11.8. The number of likely N-dealkylation sites (tertiary alicyclic amines) is 1. The van der Waals surface area contributed by atoms with Crippen molar-refractivity contribution in [2.75, 3.05) is 26.2 Å². The Morgan fingerprint density at radius 2 is 1.85 bits per heavy atom. The summed E-state index contributed by atoms with van der Waals surface area (Å²) in [5.74, 6) is 0.777. The molecule has 0 aromatic heterocycles. The van der Waals surface area contributed by atoms with Crippen LogP contribution < -0.4 is 5.32 Å². The second-order valence-electron chi connectivity index (χ2n) is 7.22. The Bertz CT molecular complexity index is 446. The van der Waals surface area contributed by atoms with Crippen molar-refractivity contribution in [2.45, 2.75) is 44.1 Å². The fraction of sp³-hybridized carbons (Fsp3) is 0.667. The van der Waals surface area contributed by atoms with E-state index in [9.17, 15) is 0 Å². The molecule has 3 aliphatic rings. The van der Waals surface area contributed by atoms with Gasteiger partial charge in [-0.1, -0.05) is 30.3 Å². The molecule has 1 aromatic rings. The molecule has 1 aliphatic heterocycles. The minimum atomic E-state index is 0.633. The fourth-order valence-corrected chi connectivity index (χ4v) is 3.82. The molecule has 1 N–H and O–H groups in total. The zero-order chi connectivity index (χ0) is 13.4. The molecule has 0 spiro atoms. The lowest BCUT2D eigenvalue weighted by Gasteiger charge is -2.23. The summed E-state index contributed by atoms with van der Waals surface area (Å²) in [7, 11) is 0. The van der Waals surface area contributed by atoms with Crippen molar-refractivity contribution in [1.29, 1.82) is 0 Å². The molecular formula is C18H26N2. The molecule has 2 saturated carbocycles. The normalized spacial score (nSPS) is 31.4. The summed E-state index contributed by atoms with van der Waals surface area (Å²) in [6.45, 7) is 5.29. The van der Waals surface area contributed by atoms with E-state index < -0.39 is 0 Å². The Kier molecular flexibility index (Phi) is 3.31. The van der Waals surface area contributed by atoms with E-state index in [2.05, 4.69) is 40.5 Å². The van der Waals surface area contributed by atoms with Gasteiger partial charge in [0.25, 0.3) is 0 Å². The van der Waals surface area contributed by atoms with Gasteiger partial charge in [-0.2, -0.15) is 0 Å². The van der Waals surface area contributed by atoms with Gasteiger partial charge in [0.2, 0.25) is 0 Å². The number of benzene rings is 1.